The molecular weight excluding hydrogens is 391 g/mol. The second-order valence-electron chi connectivity index (χ2n) is 5.39. The second kappa shape index (κ2) is 10.6. The highest BCUT2D eigenvalue weighted by molar-refractivity contribution is 14.0. The fraction of sp³-hybridized carbons (Fsp3) is 0.625. The molecule has 0 amide bonds. The topological polar surface area (TPSA) is 63.7 Å². The lowest BCUT2D eigenvalue weighted by Crippen LogP contribution is -2.40. The number of halogens is 1. The van der Waals surface area contributed by atoms with E-state index in [0.29, 0.717) is 25.0 Å². The Balaban J connectivity index is 0.00000242. The third-order valence-corrected chi connectivity index (χ3v) is 3.68. The molecule has 2 rings (SSSR count). The average Bonchev–Trinajstić information content (AvgIpc) is 2.54. The van der Waals surface area contributed by atoms with Crippen LogP contribution in [-0.2, 0) is 6.54 Å². The summed E-state index contributed by atoms with van der Waals surface area (Å²) in [6.45, 7) is 5.40. The number of guanidine groups is 1. The minimum Gasteiger partial charge on any atom is -0.477 e. The van der Waals surface area contributed by atoms with Gasteiger partial charge in [-0.05, 0) is 31.7 Å². The highest BCUT2D eigenvalue weighted by Crippen LogP contribution is 2.16. The first-order valence-electron chi connectivity index (χ1n) is 7.93. The van der Waals surface area contributed by atoms with Crippen LogP contribution in [0.4, 0.5) is 0 Å². The molecule has 22 heavy (non-hydrogen) atoms. The Morgan fingerprint density at radius 1 is 1.36 bits per heavy atom. The van der Waals surface area contributed by atoms with Gasteiger partial charge in [0, 0.05) is 24.8 Å². The van der Waals surface area contributed by atoms with Crippen molar-refractivity contribution in [3.05, 3.63) is 23.9 Å². The number of hydrogen-bond acceptors (Lipinski definition) is 3. The van der Waals surface area contributed by atoms with Gasteiger partial charge < -0.3 is 15.4 Å². The molecule has 1 saturated heterocycles. The van der Waals surface area contributed by atoms with Crippen LogP contribution in [0.15, 0.2) is 23.3 Å². The molecule has 0 spiro atoms. The summed E-state index contributed by atoms with van der Waals surface area (Å²) in [5.41, 5.74) is 7.08. The first-order valence-corrected chi connectivity index (χ1v) is 7.93. The van der Waals surface area contributed by atoms with E-state index in [1.807, 2.05) is 12.1 Å². The minimum atomic E-state index is 0. The molecule has 6 heteroatoms. The minimum absolute atomic E-state index is 0. The van der Waals surface area contributed by atoms with Crippen LogP contribution in [0.1, 0.15) is 44.6 Å². The van der Waals surface area contributed by atoms with Crippen molar-refractivity contribution < 1.29 is 4.74 Å². The Bertz CT molecular complexity index is 461. The number of aliphatic imine (C=N–C) groups is 1. The Kier molecular flexibility index (Phi) is 9.19. The number of aromatic nitrogens is 1. The van der Waals surface area contributed by atoms with Crippen LogP contribution in [-0.4, -0.2) is 35.5 Å². The molecule has 0 radical (unpaired) electrons. The van der Waals surface area contributed by atoms with E-state index in [1.165, 1.54) is 19.3 Å². The quantitative estimate of drug-likeness (QED) is 0.334. The van der Waals surface area contributed by atoms with E-state index in [9.17, 15) is 0 Å². The SMILES string of the molecule is CCCCOc1ncccc1CN=C(N)N1CCCCC1.I. The molecule has 0 bridgehead atoms. The van der Waals surface area contributed by atoms with Gasteiger partial charge in [-0.3, -0.25) is 0 Å². The maximum Gasteiger partial charge on any atom is 0.218 e. The van der Waals surface area contributed by atoms with Crippen molar-refractivity contribution in [2.75, 3.05) is 19.7 Å². The average molecular weight is 418 g/mol. The van der Waals surface area contributed by atoms with E-state index < -0.39 is 0 Å². The zero-order valence-corrected chi connectivity index (χ0v) is 15.7. The standard InChI is InChI=1S/C16H26N4O.HI/c1-2-3-12-21-15-14(8-7-9-18-15)13-19-16(17)20-10-5-4-6-11-20;/h7-9H,2-6,10-13H2,1H3,(H2,17,19);1H. The predicted octanol–water partition coefficient (Wildman–Crippen LogP) is 3.18. The van der Waals surface area contributed by atoms with Crippen molar-refractivity contribution in [2.24, 2.45) is 10.7 Å². The highest BCUT2D eigenvalue weighted by atomic mass is 127. The molecule has 2 N–H and O–H groups in total. The monoisotopic (exact) mass is 418 g/mol. The normalized spacial score (nSPS) is 15.3. The molecule has 1 aliphatic heterocycles. The summed E-state index contributed by atoms with van der Waals surface area (Å²) in [6.07, 6.45) is 7.60. The third kappa shape index (κ3) is 5.98. The van der Waals surface area contributed by atoms with Gasteiger partial charge in [0.25, 0.3) is 0 Å². The third-order valence-electron chi connectivity index (χ3n) is 3.68. The Labute approximate surface area is 150 Å². The summed E-state index contributed by atoms with van der Waals surface area (Å²) in [7, 11) is 0. The van der Waals surface area contributed by atoms with Crippen molar-refractivity contribution >= 4 is 29.9 Å². The summed E-state index contributed by atoms with van der Waals surface area (Å²) in [5, 5.41) is 0. The van der Waals surface area contributed by atoms with Gasteiger partial charge in [0.2, 0.25) is 5.88 Å². The number of nitrogens with zero attached hydrogens (tertiary/aromatic N) is 3. The number of ether oxygens (including phenoxy) is 1. The Morgan fingerprint density at radius 3 is 2.86 bits per heavy atom. The molecule has 0 atom stereocenters. The molecule has 1 aliphatic rings. The van der Waals surface area contributed by atoms with Crippen LogP contribution in [0.2, 0.25) is 0 Å². The van der Waals surface area contributed by atoms with E-state index in [-0.39, 0.29) is 24.0 Å². The lowest BCUT2D eigenvalue weighted by Gasteiger charge is -2.27. The smallest absolute Gasteiger partial charge is 0.218 e. The number of hydrogen-bond donors (Lipinski definition) is 1. The zero-order chi connectivity index (χ0) is 14.9. The molecule has 1 aromatic heterocycles. The van der Waals surface area contributed by atoms with Crippen LogP contribution in [0.3, 0.4) is 0 Å². The van der Waals surface area contributed by atoms with Crippen LogP contribution >= 0.6 is 24.0 Å². The molecule has 2 heterocycles. The molecular formula is C16H27IN4O. The van der Waals surface area contributed by atoms with E-state index in [0.717, 1.165) is 31.5 Å². The lowest BCUT2D eigenvalue weighted by atomic mass is 10.1. The number of unbranched alkanes of at least 4 members (excludes halogenated alkanes) is 1. The van der Waals surface area contributed by atoms with Gasteiger partial charge in [0.15, 0.2) is 5.96 Å². The van der Waals surface area contributed by atoms with Gasteiger partial charge in [0.1, 0.15) is 0 Å². The Hall–Kier alpha value is -1.05. The molecule has 0 unspecified atom stereocenters. The molecule has 1 fully saturated rings. The number of rotatable bonds is 6. The second-order valence-corrected chi connectivity index (χ2v) is 5.39. The first kappa shape index (κ1) is 19.0. The number of piperidine rings is 1. The van der Waals surface area contributed by atoms with E-state index in [4.69, 9.17) is 10.5 Å². The molecule has 5 nitrogen and oxygen atoms in total. The number of pyridine rings is 1. The van der Waals surface area contributed by atoms with Crippen LogP contribution < -0.4 is 10.5 Å². The van der Waals surface area contributed by atoms with E-state index >= 15 is 0 Å². The van der Waals surface area contributed by atoms with Crippen LogP contribution in [0.25, 0.3) is 0 Å². The van der Waals surface area contributed by atoms with Gasteiger partial charge in [-0.25, -0.2) is 9.98 Å². The molecule has 0 aromatic carbocycles. The predicted molar refractivity (Wildman–Crippen MR) is 101 cm³/mol. The fourth-order valence-electron chi connectivity index (χ4n) is 2.38. The molecule has 0 aliphatic carbocycles. The number of likely N-dealkylation sites (tertiary alicyclic amines) is 1. The summed E-state index contributed by atoms with van der Waals surface area (Å²) in [6, 6.07) is 3.91. The van der Waals surface area contributed by atoms with Crippen molar-refractivity contribution in [1.82, 2.24) is 9.88 Å². The van der Waals surface area contributed by atoms with E-state index in [2.05, 4.69) is 21.8 Å². The maximum absolute atomic E-state index is 6.08. The molecule has 1 aromatic rings. The molecule has 124 valence electrons. The van der Waals surface area contributed by atoms with Crippen molar-refractivity contribution in [2.45, 2.75) is 45.6 Å². The maximum atomic E-state index is 6.08. The Morgan fingerprint density at radius 2 is 2.14 bits per heavy atom. The summed E-state index contributed by atoms with van der Waals surface area (Å²) in [4.78, 5) is 11.0. The highest BCUT2D eigenvalue weighted by Gasteiger charge is 2.12. The van der Waals surface area contributed by atoms with Gasteiger partial charge in [0.05, 0.1) is 13.2 Å². The summed E-state index contributed by atoms with van der Waals surface area (Å²) < 4.78 is 5.72. The lowest BCUT2D eigenvalue weighted by molar-refractivity contribution is 0.294. The van der Waals surface area contributed by atoms with Crippen LogP contribution in [0, 0.1) is 0 Å². The summed E-state index contributed by atoms with van der Waals surface area (Å²) >= 11 is 0. The largest absolute Gasteiger partial charge is 0.477 e. The van der Waals surface area contributed by atoms with Gasteiger partial charge in [-0.1, -0.05) is 19.4 Å². The number of nitrogens with two attached hydrogens (primary N) is 1. The van der Waals surface area contributed by atoms with Crippen LogP contribution in [0.5, 0.6) is 5.88 Å². The molecule has 0 saturated carbocycles. The fourth-order valence-corrected chi connectivity index (χ4v) is 2.38. The first-order chi connectivity index (χ1) is 10.3. The van der Waals surface area contributed by atoms with Crippen molar-refractivity contribution in [3.8, 4) is 5.88 Å². The van der Waals surface area contributed by atoms with Crippen molar-refractivity contribution in [3.63, 3.8) is 0 Å². The van der Waals surface area contributed by atoms with E-state index in [1.54, 1.807) is 6.20 Å². The summed E-state index contributed by atoms with van der Waals surface area (Å²) in [5.74, 6) is 1.32. The van der Waals surface area contributed by atoms with Crippen molar-refractivity contribution in [1.29, 1.82) is 0 Å². The van der Waals surface area contributed by atoms with Gasteiger partial charge >= 0.3 is 0 Å². The van der Waals surface area contributed by atoms with Gasteiger partial charge in [-0.2, -0.15) is 0 Å². The zero-order valence-electron chi connectivity index (χ0n) is 13.3. The van der Waals surface area contributed by atoms with Gasteiger partial charge in [-0.15, -0.1) is 24.0 Å².